The van der Waals surface area contributed by atoms with Crippen molar-refractivity contribution in [1.29, 1.82) is 0 Å². The molecule has 1 aromatic heterocycles. The molecule has 3 aromatic rings. The number of hydrogen-bond donors (Lipinski definition) is 2. The van der Waals surface area contributed by atoms with E-state index < -0.39 is 11.7 Å². The molecule has 0 fully saturated rings. The van der Waals surface area contributed by atoms with E-state index >= 15 is 0 Å². The van der Waals surface area contributed by atoms with Crippen molar-refractivity contribution in [2.45, 2.75) is 0 Å². The minimum absolute atomic E-state index is 0.0506. The van der Waals surface area contributed by atoms with E-state index in [1.807, 2.05) is 6.07 Å². The molecule has 3 rings (SSSR count). The van der Waals surface area contributed by atoms with Gasteiger partial charge in [0.05, 0.1) is 24.5 Å². The Balaban J connectivity index is 1.81. The molecular formula is C16H14FN3O3S. The minimum atomic E-state index is -0.590. The molecule has 0 saturated carbocycles. The molecule has 0 saturated heterocycles. The number of rotatable bonds is 5. The zero-order valence-electron chi connectivity index (χ0n) is 12.9. The molecule has 1 amide bonds. The first-order valence-corrected chi connectivity index (χ1v) is 7.77. The molecule has 1 heterocycles. The van der Waals surface area contributed by atoms with Gasteiger partial charge in [-0.1, -0.05) is 23.5 Å². The van der Waals surface area contributed by atoms with Crippen LogP contribution in [0.4, 0.5) is 9.52 Å². The van der Waals surface area contributed by atoms with Crippen LogP contribution in [0.15, 0.2) is 36.4 Å². The maximum Gasteiger partial charge on any atom is 0.272 e. The van der Waals surface area contributed by atoms with Crippen LogP contribution >= 0.6 is 11.3 Å². The van der Waals surface area contributed by atoms with Crippen LogP contribution in [0.5, 0.6) is 11.5 Å². The van der Waals surface area contributed by atoms with Gasteiger partial charge in [-0.25, -0.2) is 9.37 Å². The number of carbonyl (C=O) groups excluding carboxylic acids is 1. The van der Waals surface area contributed by atoms with Gasteiger partial charge in [-0.3, -0.25) is 15.6 Å². The number of benzene rings is 2. The third kappa shape index (κ3) is 3.09. The molecule has 0 radical (unpaired) electrons. The van der Waals surface area contributed by atoms with E-state index in [1.165, 1.54) is 29.5 Å². The maximum absolute atomic E-state index is 13.6. The predicted octanol–water partition coefficient (Wildman–Crippen LogP) is 3.21. The molecule has 0 atom stereocenters. The molecule has 2 aromatic carbocycles. The van der Waals surface area contributed by atoms with E-state index in [2.05, 4.69) is 15.8 Å². The van der Waals surface area contributed by atoms with Gasteiger partial charge in [0.25, 0.3) is 5.91 Å². The van der Waals surface area contributed by atoms with Crippen molar-refractivity contribution in [3.63, 3.8) is 0 Å². The summed E-state index contributed by atoms with van der Waals surface area (Å²) in [7, 11) is 3.11. The zero-order chi connectivity index (χ0) is 17.1. The van der Waals surface area contributed by atoms with E-state index in [0.29, 0.717) is 22.1 Å². The summed E-state index contributed by atoms with van der Waals surface area (Å²) in [6.45, 7) is 0. The summed E-state index contributed by atoms with van der Waals surface area (Å²) in [4.78, 5) is 16.4. The molecule has 2 N–H and O–H groups in total. The average molecular weight is 347 g/mol. The van der Waals surface area contributed by atoms with E-state index in [4.69, 9.17) is 9.47 Å². The van der Waals surface area contributed by atoms with E-state index in [1.54, 1.807) is 26.4 Å². The Kier molecular flexibility index (Phi) is 4.48. The summed E-state index contributed by atoms with van der Waals surface area (Å²) < 4.78 is 24.9. The average Bonchev–Trinajstić information content (AvgIpc) is 3.02. The van der Waals surface area contributed by atoms with Gasteiger partial charge in [-0.05, 0) is 18.2 Å². The Hall–Kier alpha value is -2.87. The van der Waals surface area contributed by atoms with Gasteiger partial charge in [0.2, 0.25) is 5.13 Å². The van der Waals surface area contributed by atoms with Crippen LogP contribution in [-0.4, -0.2) is 25.1 Å². The number of hydrogen-bond acceptors (Lipinski definition) is 6. The topological polar surface area (TPSA) is 72.5 Å². The second-order valence-electron chi connectivity index (χ2n) is 4.75. The number of thiazole rings is 1. The second-order valence-corrected chi connectivity index (χ2v) is 5.79. The molecule has 0 aliphatic carbocycles. The largest absolute Gasteiger partial charge is 0.497 e. The van der Waals surface area contributed by atoms with E-state index in [-0.39, 0.29) is 5.56 Å². The fourth-order valence-corrected chi connectivity index (χ4v) is 2.99. The summed E-state index contributed by atoms with van der Waals surface area (Å²) in [5.41, 5.74) is 5.72. The lowest BCUT2D eigenvalue weighted by Crippen LogP contribution is -2.29. The highest BCUT2D eigenvalue weighted by atomic mass is 32.1. The summed E-state index contributed by atoms with van der Waals surface area (Å²) in [6.07, 6.45) is 0. The van der Waals surface area contributed by atoms with Crippen LogP contribution in [-0.2, 0) is 0 Å². The first-order chi connectivity index (χ1) is 11.6. The van der Waals surface area contributed by atoms with Gasteiger partial charge >= 0.3 is 0 Å². The molecule has 124 valence electrons. The molecular weight excluding hydrogens is 333 g/mol. The van der Waals surface area contributed by atoms with Gasteiger partial charge in [0, 0.05) is 6.07 Å². The van der Waals surface area contributed by atoms with E-state index in [0.717, 1.165) is 4.70 Å². The van der Waals surface area contributed by atoms with Gasteiger partial charge in [0.1, 0.15) is 22.8 Å². The van der Waals surface area contributed by atoms with Crippen molar-refractivity contribution in [2.24, 2.45) is 0 Å². The van der Waals surface area contributed by atoms with Crippen LogP contribution < -0.4 is 20.3 Å². The van der Waals surface area contributed by atoms with Gasteiger partial charge < -0.3 is 9.47 Å². The highest BCUT2D eigenvalue weighted by molar-refractivity contribution is 7.22. The summed E-state index contributed by atoms with van der Waals surface area (Å²) in [5, 5.41) is 0.446. The van der Waals surface area contributed by atoms with Crippen molar-refractivity contribution in [3.05, 3.63) is 47.8 Å². The maximum atomic E-state index is 13.6. The van der Waals surface area contributed by atoms with Gasteiger partial charge in [-0.2, -0.15) is 0 Å². The highest BCUT2D eigenvalue weighted by Crippen LogP contribution is 2.35. The van der Waals surface area contributed by atoms with Crippen molar-refractivity contribution in [2.75, 3.05) is 19.6 Å². The Labute approximate surface area is 141 Å². The lowest BCUT2D eigenvalue weighted by Gasteiger charge is -2.05. The number of nitrogens with one attached hydrogen (secondary N) is 2. The van der Waals surface area contributed by atoms with Crippen LogP contribution in [0.3, 0.4) is 0 Å². The molecule has 0 aliphatic rings. The minimum Gasteiger partial charge on any atom is -0.497 e. The van der Waals surface area contributed by atoms with Crippen molar-refractivity contribution in [3.8, 4) is 11.5 Å². The lowest BCUT2D eigenvalue weighted by atomic mass is 10.2. The molecule has 24 heavy (non-hydrogen) atoms. The normalized spacial score (nSPS) is 10.5. The molecule has 6 nitrogen and oxygen atoms in total. The number of nitrogens with zero attached hydrogens (tertiary/aromatic N) is 1. The number of ether oxygens (including phenoxy) is 2. The first kappa shape index (κ1) is 16.0. The number of halogens is 1. The molecule has 8 heteroatoms. The Morgan fingerprint density at radius 1 is 1.21 bits per heavy atom. The lowest BCUT2D eigenvalue weighted by molar-refractivity contribution is 0.0958. The van der Waals surface area contributed by atoms with Crippen LogP contribution in [0.2, 0.25) is 0 Å². The SMILES string of the molecule is COc1cc(OC)c2nc(NNC(=O)c3ccccc3F)sc2c1. The summed E-state index contributed by atoms with van der Waals surface area (Å²) in [5.74, 6) is 0.0310. The van der Waals surface area contributed by atoms with Crippen molar-refractivity contribution in [1.82, 2.24) is 10.4 Å². The third-order valence-corrected chi connectivity index (χ3v) is 4.21. The van der Waals surface area contributed by atoms with Crippen LogP contribution in [0.25, 0.3) is 10.2 Å². The number of fused-ring (bicyclic) bond motifs is 1. The number of amides is 1. The van der Waals surface area contributed by atoms with Crippen LogP contribution in [0, 0.1) is 5.82 Å². The Morgan fingerprint density at radius 3 is 2.71 bits per heavy atom. The highest BCUT2D eigenvalue weighted by Gasteiger charge is 2.14. The third-order valence-electron chi connectivity index (χ3n) is 3.29. The Morgan fingerprint density at radius 2 is 2.00 bits per heavy atom. The van der Waals surface area contributed by atoms with E-state index in [9.17, 15) is 9.18 Å². The summed E-state index contributed by atoms with van der Waals surface area (Å²) >= 11 is 1.31. The quantitative estimate of drug-likeness (QED) is 0.694. The van der Waals surface area contributed by atoms with Crippen molar-refractivity contribution < 1.29 is 18.7 Å². The number of anilines is 1. The second kappa shape index (κ2) is 6.71. The molecule has 0 bridgehead atoms. The molecule has 0 aliphatic heterocycles. The fraction of sp³-hybridized carbons (Fsp3) is 0.125. The standard InChI is InChI=1S/C16H14FN3O3S/c1-22-9-7-12(23-2)14-13(8-9)24-16(18-14)20-19-15(21)10-5-3-4-6-11(10)17/h3-8H,1-2H3,(H,18,20)(H,19,21). The molecule has 0 spiro atoms. The monoisotopic (exact) mass is 347 g/mol. The van der Waals surface area contributed by atoms with Crippen molar-refractivity contribution >= 4 is 32.6 Å². The number of methoxy groups -OCH3 is 2. The fourth-order valence-electron chi connectivity index (χ4n) is 2.12. The predicted molar refractivity (Wildman–Crippen MR) is 90.2 cm³/mol. The summed E-state index contributed by atoms with van der Waals surface area (Å²) in [6, 6.07) is 9.28. The first-order valence-electron chi connectivity index (χ1n) is 6.96. The number of hydrazine groups is 1. The van der Waals surface area contributed by atoms with Crippen LogP contribution in [0.1, 0.15) is 10.4 Å². The van der Waals surface area contributed by atoms with Gasteiger partial charge in [-0.15, -0.1) is 0 Å². The van der Waals surface area contributed by atoms with Gasteiger partial charge in [0.15, 0.2) is 0 Å². The zero-order valence-corrected chi connectivity index (χ0v) is 13.7. The smallest absolute Gasteiger partial charge is 0.272 e. The number of aromatic nitrogens is 1. The number of carbonyl (C=O) groups is 1. The molecule has 0 unspecified atom stereocenters. The Bertz CT molecular complexity index is 897.